The molecule has 0 fully saturated rings. The van der Waals surface area contributed by atoms with Crippen LogP contribution in [0.2, 0.25) is 0 Å². The number of carbonyl (C=O) groups is 1. The van der Waals surface area contributed by atoms with Gasteiger partial charge in [0.2, 0.25) is 6.41 Å². The molecule has 5 heteroatoms. The molecule has 2 aromatic rings. The fraction of sp³-hybridized carbons (Fsp3) is 0.519. The lowest BCUT2D eigenvalue weighted by molar-refractivity contribution is -0.109. The number of anilines is 2. The zero-order valence-electron chi connectivity index (χ0n) is 20.8. The van der Waals surface area contributed by atoms with Gasteiger partial charge in [-0.05, 0) is 66.0 Å². The van der Waals surface area contributed by atoms with Gasteiger partial charge in [-0.3, -0.25) is 15.6 Å². The van der Waals surface area contributed by atoms with Crippen molar-refractivity contribution in [1.29, 1.82) is 0 Å². The van der Waals surface area contributed by atoms with Crippen molar-refractivity contribution in [2.24, 2.45) is 0 Å². The highest BCUT2D eigenvalue weighted by Crippen LogP contribution is 2.39. The average molecular weight is 440 g/mol. The SMILES string of the molecule is CCC(CNc1ccc(NNC=O)cc1)Oc1ccc(C(C)(C)CC)cc1C(C)(C)CC. The molecule has 176 valence electrons. The van der Waals surface area contributed by atoms with Gasteiger partial charge in [0.25, 0.3) is 0 Å². The molecule has 0 saturated carbocycles. The van der Waals surface area contributed by atoms with Crippen LogP contribution in [0.25, 0.3) is 0 Å². The Kier molecular flexibility index (Phi) is 8.99. The van der Waals surface area contributed by atoms with Gasteiger partial charge in [0.15, 0.2) is 0 Å². The molecule has 2 rings (SSSR count). The molecule has 0 saturated heterocycles. The maximum atomic E-state index is 10.4. The number of hydrogen-bond acceptors (Lipinski definition) is 4. The smallest absolute Gasteiger partial charge is 0.225 e. The third-order valence-electron chi connectivity index (χ3n) is 6.70. The summed E-state index contributed by atoms with van der Waals surface area (Å²) in [5, 5.41) is 3.47. The van der Waals surface area contributed by atoms with Crippen LogP contribution in [0.1, 0.15) is 78.9 Å². The maximum absolute atomic E-state index is 10.4. The number of carbonyl (C=O) groups excluding carboxylic acids is 1. The summed E-state index contributed by atoms with van der Waals surface area (Å²) in [6.45, 7) is 16.6. The zero-order valence-corrected chi connectivity index (χ0v) is 20.8. The van der Waals surface area contributed by atoms with E-state index in [1.165, 1.54) is 11.1 Å². The molecule has 0 spiro atoms. The van der Waals surface area contributed by atoms with Crippen LogP contribution in [0.15, 0.2) is 42.5 Å². The van der Waals surface area contributed by atoms with E-state index in [4.69, 9.17) is 4.74 Å². The topological polar surface area (TPSA) is 62.4 Å². The molecule has 0 bridgehead atoms. The van der Waals surface area contributed by atoms with E-state index in [-0.39, 0.29) is 16.9 Å². The standard InChI is InChI=1S/C27H41N3O2/c1-8-23(18-28-21-12-14-22(15-13-21)30-29-19-31)32-25-16-11-20(26(4,5)9-2)17-24(25)27(6,7)10-3/h11-17,19,23,28,30H,8-10,18H2,1-7H3,(H,29,31). The van der Waals surface area contributed by atoms with E-state index < -0.39 is 0 Å². The first kappa shape index (κ1) is 25.6. The Morgan fingerprint density at radius 3 is 2.09 bits per heavy atom. The van der Waals surface area contributed by atoms with Crippen molar-refractivity contribution >= 4 is 17.8 Å². The van der Waals surface area contributed by atoms with E-state index in [1.807, 2.05) is 24.3 Å². The van der Waals surface area contributed by atoms with Gasteiger partial charge in [-0.25, -0.2) is 0 Å². The van der Waals surface area contributed by atoms with Crippen LogP contribution in [0.5, 0.6) is 5.75 Å². The normalized spacial score (nSPS) is 12.7. The summed E-state index contributed by atoms with van der Waals surface area (Å²) < 4.78 is 6.56. The number of rotatable bonds is 13. The average Bonchev–Trinajstić information content (AvgIpc) is 2.80. The lowest BCUT2D eigenvalue weighted by atomic mass is 9.76. The monoisotopic (exact) mass is 439 g/mol. The first-order valence-electron chi connectivity index (χ1n) is 11.8. The molecule has 2 aromatic carbocycles. The molecule has 1 atom stereocenters. The first-order valence-corrected chi connectivity index (χ1v) is 11.8. The van der Waals surface area contributed by atoms with Gasteiger partial charge >= 0.3 is 0 Å². The fourth-order valence-electron chi connectivity index (χ4n) is 3.44. The molecular weight excluding hydrogens is 398 g/mol. The summed E-state index contributed by atoms with van der Waals surface area (Å²) >= 11 is 0. The van der Waals surface area contributed by atoms with Gasteiger partial charge in [0, 0.05) is 11.3 Å². The second-order valence-corrected chi connectivity index (χ2v) is 9.68. The predicted molar refractivity (Wildman–Crippen MR) is 136 cm³/mol. The Labute approximate surface area is 194 Å². The van der Waals surface area contributed by atoms with Crippen LogP contribution in [0.3, 0.4) is 0 Å². The van der Waals surface area contributed by atoms with Gasteiger partial charge in [0.05, 0.1) is 12.2 Å². The van der Waals surface area contributed by atoms with Crippen LogP contribution in [0.4, 0.5) is 11.4 Å². The Hall–Kier alpha value is -2.69. The number of hydrazine groups is 1. The summed E-state index contributed by atoms with van der Waals surface area (Å²) in [4.78, 5) is 10.4. The minimum Gasteiger partial charge on any atom is -0.488 e. The van der Waals surface area contributed by atoms with Crippen LogP contribution in [-0.2, 0) is 15.6 Å². The predicted octanol–water partition coefficient (Wildman–Crippen LogP) is 6.40. The van der Waals surface area contributed by atoms with E-state index in [2.05, 4.69) is 82.8 Å². The van der Waals surface area contributed by atoms with Crippen molar-refractivity contribution < 1.29 is 9.53 Å². The summed E-state index contributed by atoms with van der Waals surface area (Å²) in [5.74, 6) is 0.987. The molecule has 32 heavy (non-hydrogen) atoms. The summed E-state index contributed by atoms with van der Waals surface area (Å²) in [7, 11) is 0. The van der Waals surface area contributed by atoms with Crippen molar-refractivity contribution in [1.82, 2.24) is 5.43 Å². The highest BCUT2D eigenvalue weighted by Gasteiger charge is 2.27. The van der Waals surface area contributed by atoms with Crippen LogP contribution in [-0.4, -0.2) is 19.1 Å². The lowest BCUT2D eigenvalue weighted by Gasteiger charge is -2.31. The third kappa shape index (κ3) is 6.65. The van der Waals surface area contributed by atoms with Gasteiger partial charge in [0.1, 0.15) is 11.9 Å². The summed E-state index contributed by atoms with van der Waals surface area (Å²) in [5.41, 5.74) is 9.92. The molecule has 0 aromatic heterocycles. The van der Waals surface area contributed by atoms with Gasteiger partial charge < -0.3 is 10.1 Å². The van der Waals surface area contributed by atoms with E-state index >= 15 is 0 Å². The minimum absolute atomic E-state index is 0.0409. The lowest BCUT2D eigenvalue weighted by Crippen LogP contribution is -2.28. The second kappa shape index (κ2) is 11.3. The molecule has 1 amide bonds. The molecule has 0 radical (unpaired) electrons. The van der Waals surface area contributed by atoms with Crippen LogP contribution >= 0.6 is 0 Å². The molecule has 0 aliphatic carbocycles. The zero-order chi connectivity index (χ0) is 23.8. The van der Waals surface area contributed by atoms with Crippen molar-refractivity contribution in [3.8, 4) is 5.75 Å². The molecular formula is C27H41N3O2. The maximum Gasteiger partial charge on any atom is 0.225 e. The van der Waals surface area contributed by atoms with Gasteiger partial charge in [-0.1, -0.05) is 60.6 Å². The first-order chi connectivity index (χ1) is 15.2. The molecule has 5 nitrogen and oxygen atoms in total. The number of amides is 1. The number of ether oxygens (including phenoxy) is 1. The largest absolute Gasteiger partial charge is 0.488 e. The quantitative estimate of drug-likeness (QED) is 0.249. The Morgan fingerprint density at radius 1 is 0.906 bits per heavy atom. The second-order valence-electron chi connectivity index (χ2n) is 9.68. The number of nitrogens with one attached hydrogen (secondary N) is 3. The Balaban J connectivity index is 2.16. The van der Waals surface area contributed by atoms with Crippen molar-refractivity contribution in [2.45, 2.75) is 84.7 Å². The van der Waals surface area contributed by atoms with Gasteiger partial charge in [-0.2, -0.15) is 0 Å². The summed E-state index contributed by atoms with van der Waals surface area (Å²) in [6, 6.07) is 14.6. The molecule has 0 heterocycles. The van der Waals surface area contributed by atoms with E-state index in [0.29, 0.717) is 13.0 Å². The van der Waals surface area contributed by atoms with Crippen molar-refractivity contribution in [3.05, 3.63) is 53.6 Å². The van der Waals surface area contributed by atoms with Crippen LogP contribution in [0, 0.1) is 0 Å². The number of hydrogen-bond donors (Lipinski definition) is 3. The molecule has 1 unspecified atom stereocenters. The molecule has 3 N–H and O–H groups in total. The highest BCUT2D eigenvalue weighted by atomic mass is 16.5. The summed E-state index contributed by atoms with van der Waals surface area (Å²) in [6.07, 6.45) is 3.72. The van der Waals surface area contributed by atoms with E-state index in [9.17, 15) is 4.79 Å². The van der Waals surface area contributed by atoms with Gasteiger partial charge in [-0.15, -0.1) is 0 Å². The van der Waals surface area contributed by atoms with Crippen molar-refractivity contribution in [3.63, 3.8) is 0 Å². The van der Waals surface area contributed by atoms with Crippen LogP contribution < -0.4 is 20.9 Å². The minimum atomic E-state index is 0.0409. The van der Waals surface area contributed by atoms with E-state index in [1.54, 1.807) is 0 Å². The highest BCUT2D eigenvalue weighted by molar-refractivity contribution is 5.57. The number of benzene rings is 2. The Morgan fingerprint density at radius 2 is 1.53 bits per heavy atom. The molecule has 0 aliphatic rings. The Bertz CT molecular complexity index is 860. The third-order valence-corrected chi connectivity index (χ3v) is 6.70. The fourth-order valence-corrected chi connectivity index (χ4v) is 3.44. The van der Waals surface area contributed by atoms with Crippen molar-refractivity contribution in [2.75, 3.05) is 17.3 Å². The van der Waals surface area contributed by atoms with E-state index in [0.717, 1.165) is 36.4 Å². The molecule has 0 aliphatic heterocycles.